The topological polar surface area (TPSA) is 30.8 Å². The van der Waals surface area contributed by atoms with Gasteiger partial charge in [0.1, 0.15) is 29.8 Å². The maximum Gasteiger partial charge on any atom is 0.222 e. The van der Waals surface area contributed by atoms with E-state index < -0.39 is 11.6 Å². The Bertz CT molecular complexity index is 678. The Labute approximate surface area is 127 Å². The van der Waals surface area contributed by atoms with E-state index in [4.69, 9.17) is 9.47 Å². The van der Waals surface area contributed by atoms with Crippen molar-refractivity contribution >= 4 is 5.90 Å². The van der Waals surface area contributed by atoms with E-state index in [-0.39, 0.29) is 24.1 Å². The van der Waals surface area contributed by atoms with Gasteiger partial charge in [-0.15, -0.1) is 0 Å². The Morgan fingerprint density at radius 1 is 1.14 bits per heavy atom. The third-order valence-electron chi connectivity index (χ3n) is 3.50. The zero-order chi connectivity index (χ0) is 15.5. The Morgan fingerprint density at radius 3 is 2.45 bits per heavy atom. The fourth-order valence-electron chi connectivity index (χ4n) is 2.39. The second-order valence-electron chi connectivity index (χ2n) is 5.03. The zero-order valence-electron chi connectivity index (χ0n) is 12.1. The lowest BCUT2D eigenvalue weighted by Crippen LogP contribution is -2.07. The van der Waals surface area contributed by atoms with Crippen LogP contribution < -0.4 is 0 Å². The van der Waals surface area contributed by atoms with Gasteiger partial charge in [-0.3, -0.25) is 0 Å². The first-order valence-corrected chi connectivity index (χ1v) is 6.92. The number of halogens is 2. The van der Waals surface area contributed by atoms with Crippen molar-refractivity contribution in [2.75, 3.05) is 13.7 Å². The van der Waals surface area contributed by atoms with Crippen LogP contribution in [0.25, 0.3) is 0 Å². The van der Waals surface area contributed by atoms with E-state index in [1.54, 1.807) is 7.11 Å². The van der Waals surface area contributed by atoms with Gasteiger partial charge in [-0.05, 0) is 23.3 Å². The third kappa shape index (κ3) is 2.85. The largest absolute Gasteiger partial charge is 0.475 e. The van der Waals surface area contributed by atoms with Gasteiger partial charge in [0.2, 0.25) is 5.90 Å². The molecule has 0 N–H and O–H groups in total. The molecule has 1 unspecified atom stereocenters. The van der Waals surface area contributed by atoms with Crippen molar-refractivity contribution in [3.05, 3.63) is 70.8 Å². The average Bonchev–Trinajstić information content (AvgIpc) is 2.98. The van der Waals surface area contributed by atoms with Gasteiger partial charge in [-0.1, -0.05) is 30.3 Å². The second-order valence-corrected chi connectivity index (χ2v) is 5.03. The van der Waals surface area contributed by atoms with Crippen LogP contribution in [0.1, 0.15) is 22.7 Å². The van der Waals surface area contributed by atoms with Crippen molar-refractivity contribution in [2.45, 2.75) is 12.6 Å². The van der Waals surface area contributed by atoms with Gasteiger partial charge in [0.05, 0.1) is 6.61 Å². The summed E-state index contributed by atoms with van der Waals surface area (Å²) in [7, 11) is 1.64. The Hall–Kier alpha value is -2.27. The molecule has 0 bridgehead atoms. The Kier molecular flexibility index (Phi) is 4.15. The van der Waals surface area contributed by atoms with Crippen molar-refractivity contribution in [1.29, 1.82) is 0 Å². The molecule has 2 aromatic rings. The number of hydrogen-bond acceptors (Lipinski definition) is 3. The first-order valence-electron chi connectivity index (χ1n) is 6.92. The number of nitrogens with zero attached hydrogens (tertiary/aromatic N) is 1. The van der Waals surface area contributed by atoms with Crippen molar-refractivity contribution in [3.63, 3.8) is 0 Å². The summed E-state index contributed by atoms with van der Waals surface area (Å²) in [5.41, 5.74) is 1.78. The highest BCUT2D eigenvalue weighted by atomic mass is 19.1. The van der Waals surface area contributed by atoms with Crippen LogP contribution in [0.4, 0.5) is 8.78 Å². The van der Waals surface area contributed by atoms with E-state index >= 15 is 0 Å². The van der Waals surface area contributed by atoms with Gasteiger partial charge in [0.25, 0.3) is 0 Å². The lowest BCUT2D eigenvalue weighted by Gasteiger charge is -2.06. The van der Waals surface area contributed by atoms with Crippen LogP contribution >= 0.6 is 0 Å². The molecule has 1 heterocycles. The standard InChI is InChI=1S/C17H15F2NO2/c1-21-9-11-5-7-12(8-6-11)15-10-22-17(20-15)16-13(18)3-2-4-14(16)19/h2-8,15H,9-10H2,1H3. The van der Waals surface area contributed by atoms with Gasteiger partial charge in [-0.2, -0.15) is 0 Å². The summed E-state index contributed by atoms with van der Waals surface area (Å²) in [4.78, 5) is 4.31. The smallest absolute Gasteiger partial charge is 0.222 e. The summed E-state index contributed by atoms with van der Waals surface area (Å²) in [5, 5.41) is 0. The van der Waals surface area contributed by atoms with E-state index in [1.165, 1.54) is 18.2 Å². The zero-order valence-corrected chi connectivity index (χ0v) is 12.1. The van der Waals surface area contributed by atoms with E-state index in [2.05, 4.69) is 4.99 Å². The molecular weight excluding hydrogens is 288 g/mol. The third-order valence-corrected chi connectivity index (χ3v) is 3.50. The van der Waals surface area contributed by atoms with Crippen LogP contribution in [0.2, 0.25) is 0 Å². The summed E-state index contributed by atoms with van der Waals surface area (Å²) in [6, 6.07) is 11.2. The molecule has 0 fully saturated rings. The number of methoxy groups -OCH3 is 1. The quantitative estimate of drug-likeness (QED) is 0.863. The summed E-state index contributed by atoms with van der Waals surface area (Å²) in [6.07, 6.45) is 0. The molecule has 22 heavy (non-hydrogen) atoms. The summed E-state index contributed by atoms with van der Waals surface area (Å²) in [5.74, 6) is -1.33. The number of ether oxygens (including phenoxy) is 2. The van der Waals surface area contributed by atoms with Gasteiger partial charge in [0, 0.05) is 7.11 Å². The van der Waals surface area contributed by atoms with Gasteiger partial charge < -0.3 is 9.47 Å². The van der Waals surface area contributed by atoms with Crippen molar-refractivity contribution < 1.29 is 18.3 Å². The summed E-state index contributed by atoms with van der Waals surface area (Å²) in [6.45, 7) is 0.809. The molecule has 0 aromatic heterocycles. The minimum Gasteiger partial charge on any atom is -0.475 e. The molecule has 1 atom stereocenters. The average molecular weight is 303 g/mol. The first-order chi connectivity index (χ1) is 10.7. The Balaban J connectivity index is 1.85. The van der Waals surface area contributed by atoms with Gasteiger partial charge in [-0.25, -0.2) is 13.8 Å². The molecule has 0 saturated carbocycles. The minimum absolute atomic E-state index is 0.0153. The number of aliphatic imine (C=N–C) groups is 1. The maximum atomic E-state index is 13.8. The number of benzene rings is 2. The lowest BCUT2D eigenvalue weighted by molar-refractivity contribution is 0.185. The van der Waals surface area contributed by atoms with Crippen molar-refractivity contribution in [1.82, 2.24) is 0 Å². The summed E-state index contributed by atoms with van der Waals surface area (Å²) < 4.78 is 38.0. The minimum atomic E-state index is -0.671. The van der Waals surface area contributed by atoms with Crippen LogP contribution in [0.15, 0.2) is 47.5 Å². The molecule has 3 rings (SSSR count). The number of hydrogen-bond donors (Lipinski definition) is 0. The van der Waals surface area contributed by atoms with E-state index in [9.17, 15) is 8.78 Å². The molecule has 3 nitrogen and oxygen atoms in total. The maximum absolute atomic E-state index is 13.8. The van der Waals surface area contributed by atoms with Gasteiger partial charge in [0.15, 0.2) is 0 Å². The molecule has 114 valence electrons. The van der Waals surface area contributed by atoms with E-state index in [0.29, 0.717) is 6.61 Å². The molecule has 0 amide bonds. The van der Waals surface area contributed by atoms with Crippen LogP contribution in [0, 0.1) is 11.6 Å². The molecule has 2 aromatic carbocycles. The molecule has 1 aliphatic heterocycles. The molecule has 0 aliphatic carbocycles. The normalized spacial score (nSPS) is 17.2. The fourth-order valence-corrected chi connectivity index (χ4v) is 2.39. The molecule has 5 heteroatoms. The lowest BCUT2D eigenvalue weighted by atomic mass is 10.1. The van der Waals surface area contributed by atoms with Crippen LogP contribution in [-0.4, -0.2) is 19.6 Å². The second kappa shape index (κ2) is 6.23. The van der Waals surface area contributed by atoms with Crippen LogP contribution in [0.5, 0.6) is 0 Å². The molecular formula is C17H15F2NO2. The SMILES string of the molecule is COCc1ccc(C2COC(c3c(F)cccc3F)=N2)cc1. The highest BCUT2D eigenvalue weighted by Crippen LogP contribution is 2.27. The predicted octanol–water partition coefficient (Wildman–Crippen LogP) is 3.63. The van der Waals surface area contributed by atoms with Gasteiger partial charge >= 0.3 is 0 Å². The van der Waals surface area contributed by atoms with Crippen molar-refractivity contribution in [2.24, 2.45) is 4.99 Å². The van der Waals surface area contributed by atoms with Crippen LogP contribution in [-0.2, 0) is 16.1 Å². The first kappa shape index (κ1) is 14.7. The molecule has 0 saturated heterocycles. The van der Waals surface area contributed by atoms with Crippen molar-refractivity contribution in [3.8, 4) is 0 Å². The monoisotopic (exact) mass is 303 g/mol. The molecule has 0 radical (unpaired) electrons. The highest BCUT2D eigenvalue weighted by Gasteiger charge is 2.25. The van der Waals surface area contributed by atoms with E-state index in [0.717, 1.165) is 11.1 Å². The number of rotatable bonds is 4. The molecule has 1 aliphatic rings. The summed E-state index contributed by atoms with van der Waals surface area (Å²) >= 11 is 0. The van der Waals surface area contributed by atoms with Crippen LogP contribution in [0.3, 0.4) is 0 Å². The predicted molar refractivity (Wildman–Crippen MR) is 78.7 cm³/mol. The Morgan fingerprint density at radius 2 is 1.82 bits per heavy atom. The molecule has 0 spiro atoms. The van der Waals surface area contributed by atoms with E-state index in [1.807, 2.05) is 24.3 Å². The fraction of sp³-hybridized carbons (Fsp3) is 0.235. The highest BCUT2D eigenvalue weighted by molar-refractivity contribution is 5.95.